The molecule has 15 heavy (non-hydrogen) atoms. The number of hydrogen-bond donors (Lipinski definition) is 2. The molecule has 0 fully saturated rings. The molecule has 0 saturated carbocycles. The van der Waals surface area contributed by atoms with Crippen LogP contribution in [0.25, 0.3) is 0 Å². The fraction of sp³-hybridized carbons (Fsp3) is 0. The maximum Gasteiger partial charge on any atom is 1.00 e. The molecule has 1 aromatic rings. The van der Waals surface area contributed by atoms with E-state index in [1.165, 1.54) is 0 Å². The van der Waals surface area contributed by atoms with Crippen molar-refractivity contribution in [3.8, 4) is 0 Å². The third-order valence-corrected chi connectivity index (χ3v) is 1.22. The first kappa shape index (κ1) is 16.3. The summed E-state index contributed by atoms with van der Waals surface area (Å²) in [5.74, 6) is -1.36. The maximum atomic E-state index is 10.2. The van der Waals surface area contributed by atoms with Gasteiger partial charge in [0.1, 0.15) is 0 Å². The Bertz CT molecular complexity index is 330. The third kappa shape index (κ3) is 9.21. The largest absolute Gasteiger partial charge is 1.00 e. The van der Waals surface area contributed by atoms with Crippen molar-refractivity contribution in [2.45, 2.75) is 0 Å². The summed E-state index contributed by atoms with van der Waals surface area (Å²) in [6.07, 6.45) is 1.06. The topological polar surface area (TPSA) is 80.4 Å². The molecule has 3 N–H and O–H groups in total. The summed E-state index contributed by atoms with van der Waals surface area (Å²) in [4.78, 5) is 19.7. The Hall–Kier alpha value is -1.10. The standard InChI is InChI=1S/C7H6O2.C3H5NO.Na.H/c8-7(9)6-4-2-1-3-5-6;1-2-3(4)5;;/h1-5H,(H,8,9);2H,1H2,(H2,4,5);;/q;;+1;-1. The van der Waals surface area contributed by atoms with Gasteiger partial charge in [0, 0.05) is 0 Å². The van der Waals surface area contributed by atoms with E-state index in [1.54, 1.807) is 30.3 Å². The van der Waals surface area contributed by atoms with Gasteiger partial charge < -0.3 is 12.3 Å². The van der Waals surface area contributed by atoms with E-state index in [9.17, 15) is 9.59 Å². The molecule has 0 bridgehead atoms. The second kappa shape index (κ2) is 9.45. The van der Waals surface area contributed by atoms with Gasteiger partial charge in [-0.25, -0.2) is 4.79 Å². The first-order valence-corrected chi connectivity index (χ1v) is 3.78. The van der Waals surface area contributed by atoms with Crippen LogP contribution in [0.4, 0.5) is 0 Å². The van der Waals surface area contributed by atoms with Gasteiger partial charge in [0.2, 0.25) is 5.91 Å². The Morgan fingerprint density at radius 3 is 1.93 bits per heavy atom. The van der Waals surface area contributed by atoms with Crippen LogP contribution in [0.3, 0.4) is 0 Å². The van der Waals surface area contributed by atoms with E-state index in [2.05, 4.69) is 12.3 Å². The normalized spacial score (nSPS) is 7.47. The Balaban J connectivity index is -0.000000214. The zero-order valence-corrected chi connectivity index (χ0v) is 10.5. The van der Waals surface area contributed by atoms with Crippen LogP contribution in [-0.4, -0.2) is 17.0 Å². The quantitative estimate of drug-likeness (QED) is 0.451. The number of rotatable bonds is 2. The zero-order valence-electron chi connectivity index (χ0n) is 9.51. The molecule has 0 aliphatic rings. The van der Waals surface area contributed by atoms with Crippen molar-refractivity contribution in [2.75, 3.05) is 0 Å². The molecule has 1 aromatic carbocycles. The van der Waals surface area contributed by atoms with Crippen molar-refractivity contribution < 1.29 is 45.7 Å². The molecular weight excluding hydrogens is 205 g/mol. The minimum Gasteiger partial charge on any atom is -1.00 e. The van der Waals surface area contributed by atoms with Gasteiger partial charge in [0.05, 0.1) is 5.56 Å². The van der Waals surface area contributed by atoms with Crippen molar-refractivity contribution in [3.05, 3.63) is 48.6 Å². The van der Waals surface area contributed by atoms with Gasteiger partial charge in [-0.05, 0) is 18.2 Å². The van der Waals surface area contributed by atoms with Crippen LogP contribution in [0.1, 0.15) is 11.8 Å². The molecule has 0 spiro atoms. The Morgan fingerprint density at radius 2 is 1.73 bits per heavy atom. The summed E-state index contributed by atoms with van der Waals surface area (Å²) in [6, 6.07) is 8.30. The van der Waals surface area contributed by atoms with Gasteiger partial charge in [0.15, 0.2) is 0 Å². The molecule has 0 heterocycles. The van der Waals surface area contributed by atoms with Crippen molar-refractivity contribution >= 4 is 11.9 Å². The number of nitrogens with two attached hydrogens (primary N) is 1. The molecule has 0 aromatic heterocycles. The minimum absolute atomic E-state index is 0. The number of hydrogen-bond acceptors (Lipinski definition) is 2. The van der Waals surface area contributed by atoms with E-state index >= 15 is 0 Å². The van der Waals surface area contributed by atoms with Gasteiger partial charge in [-0.1, -0.05) is 24.8 Å². The number of benzene rings is 1. The predicted octanol–water partition coefficient (Wildman–Crippen LogP) is -1.84. The first-order valence-electron chi connectivity index (χ1n) is 3.78. The molecule has 0 saturated heterocycles. The van der Waals surface area contributed by atoms with Crippen LogP contribution in [-0.2, 0) is 4.79 Å². The SMILES string of the molecule is C=CC(N)=O.O=C(O)c1ccccc1.[H-].[Na+]. The van der Waals surface area contributed by atoms with E-state index in [4.69, 9.17) is 5.11 Å². The molecule has 5 heteroatoms. The van der Waals surface area contributed by atoms with Crippen molar-refractivity contribution in [1.29, 1.82) is 0 Å². The Morgan fingerprint density at radius 1 is 1.33 bits per heavy atom. The van der Waals surface area contributed by atoms with Crippen molar-refractivity contribution in [3.63, 3.8) is 0 Å². The van der Waals surface area contributed by atoms with Crippen LogP contribution in [0, 0.1) is 0 Å². The minimum atomic E-state index is -0.879. The van der Waals surface area contributed by atoms with Crippen LogP contribution in [0.15, 0.2) is 43.0 Å². The monoisotopic (exact) mass is 217 g/mol. The van der Waals surface area contributed by atoms with Gasteiger partial charge in [-0.15, -0.1) is 0 Å². The van der Waals surface area contributed by atoms with Crippen molar-refractivity contribution in [1.82, 2.24) is 0 Å². The number of primary amides is 1. The summed E-state index contributed by atoms with van der Waals surface area (Å²) >= 11 is 0. The second-order valence-electron chi connectivity index (χ2n) is 2.28. The van der Waals surface area contributed by atoms with Crippen LogP contribution in [0.2, 0.25) is 0 Å². The van der Waals surface area contributed by atoms with Gasteiger partial charge >= 0.3 is 35.5 Å². The molecular formula is C10H12NNaO3. The number of carbonyl (C=O) groups excluding carboxylic acids is 1. The van der Waals surface area contributed by atoms with Gasteiger partial charge in [-0.2, -0.15) is 0 Å². The van der Waals surface area contributed by atoms with E-state index in [-0.39, 0.29) is 31.0 Å². The maximum absolute atomic E-state index is 10.2. The molecule has 0 aliphatic heterocycles. The van der Waals surface area contributed by atoms with Gasteiger partial charge in [-0.3, -0.25) is 4.79 Å². The average Bonchev–Trinajstić information content (AvgIpc) is 2.20. The van der Waals surface area contributed by atoms with E-state index in [0.29, 0.717) is 5.56 Å². The molecule has 1 rings (SSSR count). The Kier molecular flexibility index (Phi) is 10.3. The van der Waals surface area contributed by atoms with E-state index in [0.717, 1.165) is 6.08 Å². The predicted molar refractivity (Wildman–Crippen MR) is 53.9 cm³/mol. The van der Waals surface area contributed by atoms with Crippen LogP contribution < -0.4 is 35.3 Å². The second-order valence-corrected chi connectivity index (χ2v) is 2.28. The molecule has 0 unspecified atom stereocenters. The summed E-state index contributed by atoms with van der Waals surface area (Å²) in [5.41, 5.74) is 4.87. The third-order valence-electron chi connectivity index (χ3n) is 1.22. The van der Waals surface area contributed by atoms with Crippen LogP contribution >= 0.6 is 0 Å². The molecule has 0 radical (unpaired) electrons. The molecule has 76 valence electrons. The molecule has 4 nitrogen and oxygen atoms in total. The average molecular weight is 217 g/mol. The van der Waals surface area contributed by atoms with Crippen LogP contribution in [0.5, 0.6) is 0 Å². The zero-order chi connectivity index (χ0) is 11.0. The summed E-state index contributed by atoms with van der Waals surface area (Å²) in [5, 5.41) is 8.38. The number of carboxylic acid groups (broad SMARTS) is 1. The first-order chi connectivity index (χ1) is 6.57. The summed E-state index contributed by atoms with van der Waals surface area (Å²) in [7, 11) is 0. The van der Waals surface area contributed by atoms with Crippen molar-refractivity contribution in [2.24, 2.45) is 5.73 Å². The fourth-order valence-corrected chi connectivity index (χ4v) is 0.581. The summed E-state index contributed by atoms with van der Waals surface area (Å²) in [6.45, 7) is 3.09. The molecule has 0 aliphatic carbocycles. The molecule has 1 amide bonds. The van der Waals surface area contributed by atoms with E-state index in [1.807, 2.05) is 0 Å². The van der Waals surface area contributed by atoms with Gasteiger partial charge in [0.25, 0.3) is 0 Å². The Labute approximate surface area is 112 Å². The molecule has 0 atom stereocenters. The fourth-order valence-electron chi connectivity index (χ4n) is 0.581. The number of carboxylic acids is 1. The number of aromatic carboxylic acids is 1. The van der Waals surface area contributed by atoms with E-state index < -0.39 is 11.9 Å². The number of carbonyl (C=O) groups is 2. The summed E-state index contributed by atoms with van der Waals surface area (Å²) < 4.78 is 0. The number of amides is 1. The smallest absolute Gasteiger partial charge is 1.00 e.